The van der Waals surface area contributed by atoms with Crippen molar-refractivity contribution in [1.29, 1.82) is 0 Å². The van der Waals surface area contributed by atoms with Gasteiger partial charge in [-0.3, -0.25) is 23.3 Å². The Morgan fingerprint density at radius 3 is 2.68 bits per heavy atom. The molecule has 0 saturated carbocycles. The molecule has 0 unspecified atom stereocenters. The summed E-state index contributed by atoms with van der Waals surface area (Å²) < 4.78 is 15.6. The van der Waals surface area contributed by atoms with Crippen molar-refractivity contribution in [3.05, 3.63) is 69.1 Å². The van der Waals surface area contributed by atoms with Crippen LogP contribution in [0.4, 0.5) is 5.82 Å². The van der Waals surface area contributed by atoms with E-state index in [1.165, 1.54) is 14.1 Å². The van der Waals surface area contributed by atoms with Gasteiger partial charge < -0.3 is 15.2 Å². The van der Waals surface area contributed by atoms with E-state index in [4.69, 9.17) is 15.2 Å². The minimum absolute atomic E-state index is 0.176. The van der Waals surface area contributed by atoms with E-state index in [-0.39, 0.29) is 18.0 Å². The number of benzene rings is 1. The fraction of sp³-hybridized carbons (Fsp3) is 0.318. The number of para-hydroxylation sites is 2. The van der Waals surface area contributed by atoms with Crippen LogP contribution in [0.15, 0.2) is 51.7 Å². The number of nitrogen functional groups attached to an aromatic ring is 1. The third-order valence-corrected chi connectivity index (χ3v) is 6.54. The summed E-state index contributed by atoms with van der Waals surface area (Å²) in [5, 5.41) is 8.23. The van der Waals surface area contributed by atoms with E-state index >= 15 is 0 Å². The van der Waals surface area contributed by atoms with Gasteiger partial charge in [-0.05, 0) is 19.1 Å². The lowest BCUT2D eigenvalue weighted by Crippen LogP contribution is -2.42. The molecule has 1 aromatic carbocycles. The van der Waals surface area contributed by atoms with E-state index in [0.717, 1.165) is 20.9 Å². The molecule has 4 rings (SSSR count). The lowest BCUT2D eigenvalue weighted by atomic mass is 10.1. The number of carbonyl (C=O) groups is 1. The highest BCUT2D eigenvalue weighted by Gasteiger charge is 2.31. The van der Waals surface area contributed by atoms with Gasteiger partial charge in [-0.1, -0.05) is 30.0 Å². The zero-order valence-electron chi connectivity index (χ0n) is 18.9. The molecule has 178 valence electrons. The molecule has 1 aliphatic heterocycles. The monoisotopic (exact) mass is 484 g/mol. The average Bonchev–Trinajstić information content (AvgIpc) is 3.23. The SMILES string of the molecule is C=CCn1c(S[C@H](C)C(=O)c2c(N)n(C)c(=O)n(C)c2=O)nnc1[C@@H]1COc2ccccc2O1. The van der Waals surface area contributed by atoms with Crippen LogP contribution in [-0.2, 0) is 20.6 Å². The Bertz CT molecular complexity index is 1390. The largest absolute Gasteiger partial charge is 0.485 e. The summed E-state index contributed by atoms with van der Waals surface area (Å²) >= 11 is 1.12. The first-order valence-corrected chi connectivity index (χ1v) is 11.3. The van der Waals surface area contributed by atoms with Crippen LogP contribution in [0, 0.1) is 0 Å². The Kier molecular flexibility index (Phi) is 6.33. The van der Waals surface area contributed by atoms with Crippen LogP contribution < -0.4 is 26.5 Å². The fourth-order valence-corrected chi connectivity index (χ4v) is 4.50. The van der Waals surface area contributed by atoms with Crippen LogP contribution in [0.25, 0.3) is 0 Å². The van der Waals surface area contributed by atoms with Crippen molar-refractivity contribution < 1.29 is 14.3 Å². The first-order valence-electron chi connectivity index (χ1n) is 10.4. The first-order chi connectivity index (χ1) is 16.2. The zero-order valence-corrected chi connectivity index (χ0v) is 19.7. The Labute approximate surface area is 198 Å². The molecular weight excluding hydrogens is 460 g/mol. The van der Waals surface area contributed by atoms with Gasteiger partial charge in [0.05, 0.1) is 5.25 Å². The van der Waals surface area contributed by atoms with E-state index in [1.54, 1.807) is 17.6 Å². The van der Waals surface area contributed by atoms with Gasteiger partial charge in [-0.2, -0.15) is 0 Å². The smallest absolute Gasteiger partial charge is 0.332 e. The maximum atomic E-state index is 13.2. The number of nitrogens with two attached hydrogens (primary N) is 1. The minimum atomic E-state index is -0.739. The molecule has 0 amide bonds. The molecule has 12 heteroatoms. The number of ketones is 1. The number of fused-ring (bicyclic) bond motifs is 1. The molecule has 2 N–H and O–H groups in total. The molecule has 2 aromatic heterocycles. The first kappa shape index (κ1) is 23.4. The lowest BCUT2D eigenvalue weighted by molar-refractivity contribution is 0.0821. The number of carbonyl (C=O) groups excluding carboxylic acids is 1. The molecule has 1 aliphatic rings. The van der Waals surface area contributed by atoms with E-state index in [2.05, 4.69) is 16.8 Å². The number of hydrogen-bond acceptors (Lipinski definition) is 9. The van der Waals surface area contributed by atoms with Gasteiger partial charge in [0.25, 0.3) is 5.56 Å². The second kappa shape index (κ2) is 9.21. The third kappa shape index (κ3) is 4.00. The summed E-state index contributed by atoms with van der Waals surface area (Å²) in [4.78, 5) is 37.8. The molecule has 0 radical (unpaired) electrons. The highest BCUT2D eigenvalue weighted by molar-refractivity contribution is 8.00. The molecule has 34 heavy (non-hydrogen) atoms. The Balaban J connectivity index is 1.62. The number of aromatic nitrogens is 5. The quantitative estimate of drug-likeness (QED) is 0.299. The van der Waals surface area contributed by atoms with Gasteiger partial charge in [0, 0.05) is 20.6 Å². The molecule has 0 saturated heterocycles. The summed E-state index contributed by atoms with van der Waals surface area (Å²) in [5.74, 6) is 1.09. The second-order valence-electron chi connectivity index (χ2n) is 7.69. The third-order valence-electron chi connectivity index (χ3n) is 5.46. The summed E-state index contributed by atoms with van der Waals surface area (Å²) in [6.07, 6.45) is 1.18. The van der Waals surface area contributed by atoms with Gasteiger partial charge in [-0.25, -0.2) is 4.79 Å². The van der Waals surface area contributed by atoms with Crippen molar-refractivity contribution >= 4 is 23.4 Å². The molecule has 0 aliphatic carbocycles. The molecule has 0 bridgehead atoms. The number of rotatable bonds is 7. The highest BCUT2D eigenvalue weighted by Crippen LogP contribution is 2.36. The summed E-state index contributed by atoms with van der Waals surface area (Å²) in [6, 6.07) is 7.34. The highest BCUT2D eigenvalue weighted by atomic mass is 32.2. The van der Waals surface area contributed by atoms with Gasteiger partial charge in [0.1, 0.15) is 18.0 Å². The molecule has 0 fully saturated rings. The van der Waals surface area contributed by atoms with E-state index in [0.29, 0.717) is 29.0 Å². The number of Topliss-reactive ketones (excluding diaryl/α,β-unsaturated/α-hetero) is 1. The van der Waals surface area contributed by atoms with Crippen molar-refractivity contribution in [3.63, 3.8) is 0 Å². The second-order valence-corrected chi connectivity index (χ2v) is 9.00. The van der Waals surface area contributed by atoms with E-state index < -0.39 is 28.4 Å². The number of anilines is 1. The Morgan fingerprint density at radius 2 is 1.97 bits per heavy atom. The van der Waals surface area contributed by atoms with Gasteiger partial charge >= 0.3 is 5.69 Å². The van der Waals surface area contributed by atoms with Crippen molar-refractivity contribution in [2.45, 2.75) is 30.0 Å². The predicted octanol–water partition coefficient (Wildman–Crippen LogP) is 1.32. The zero-order chi connectivity index (χ0) is 24.6. The van der Waals surface area contributed by atoms with E-state index in [9.17, 15) is 14.4 Å². The van der Waals surface area contributed by atoms with Gasteiger partial charge in [0.2, 0.25) is 0 Å². The molecular formula is C22H24N6O5S. The number of nitrogens with zero attached hydrogens (tertiary/aromatic N) is 5. The van der Waals surface area contributed by atoms with Crippen LogP contribution in [0.5, 0.6) is 11.5 Å². The number of allylic oxidation sites excluding steroid dienone is 1. The summed E-state index contributed by atoms with van der Waals surface area (Å²) in [5.41, 5.74) is 4.37. The van der Waals surface area contributed by atoms with Gasteiger partial charge in [-0.15, -0.1) is 16.8 Å². The van der Waals surface area contributed by atoms with Crippen LogP contribution in [0.3, 0.4) is 0 Å². The summed E-state index contributed by atoms with van der Waals surface area (Å²) in [7, 11) is 2.71. The molecule has 11 nitrogen and oxygen atoms in total. The standard InChI is InChI=1S/C22H24N6O5S/c1-5-10-28-19(15-11-32-13-8-6-7-9-14(13)33-15)24-25-21(28)34-12(2)17(29)16-18(23)26(3)22(31)27(4)20(16)30/h5-9,12,15H,1,10-11,23H2,2-4H3/t12-,15+/m1/s1. The minimum Gasteiger partial charge on any atom is -0.485 e. The average molecular weight is 485 g/mol. The van der Waals surface area contributed by atoms with Crippen molar-refractivity contribution in [2.75, 3.05) is 12.3 Å². The topological polar surface area (TPSA) is 136 Å². The maximum Gasteiger partial charge on any atom is 0.332 e. The Hall–Kier alpha value is -3.80. The molecule has 0 spiro atoms. The number of thioether (sulfide) groups is 1. The fourth-order valence-electron chi connectivity index (χ4n) is 3.58. The molecule has 3 heterocycles. The lowest BCUT2D eigenvalue weighted by Gasteiger charge is -2.26. The number of hydrogen-bond donors (Lipinski definition) is 1. The molecule has 3 aromatic rings. The van der Waals surface area contributed by atoms with Crippen molar-refractivity contribution in [1.82, 2.24) is 23.9 Å². The van der Waals surface area contributed by atoms with Crippen LogP contribution in [0.1, 0.15) is 29.2 Å². The maximum absolute atomic E-state index is 13.2. The number of ether oxygens (including phenoxy) is 2. The van der Waals surface area contributed by atoms with Crippen molar-refractivity contribution in [2.24, 2.45) is 14.1 Å². The van der Waals surface area contributed by atoms with Crippen LogP contribution in [-0.4, -0.2) is 41.5 Å². The van der Waals surface area contributed by atoms with Crippen LogP contribution >= 0.6 is 11.8 Å². The predicted molar refractivity (Wildman–Crippen MR) is 127 cm³/mol. The summed E-state index contributed by atoms with van der Waals surface area (Å²) in [6.45, 7) is 6.05. The normalized spacial score (nSPS) is 15.7. The van der Waals surface area contributed by atoms with E-state index in [1.807, 2.05) is 24.3 Å². The van der Waals surface area contributed by atoms with Gasteiger partial charge in [0.15, 0.2) is 34.4 Å². The Morgan fingerprint density at radius 1 is 1.26 bits per heavy atom. The van der Waals surface area contributed by atoms with Crippen molar-refractivity contribution in [3.8, 4) is 11.5 Å². The van der Waals surface area contributed by atoms with Crippen LogP contribution in [0.2, 0.25) is 0 Å². The molecule has 2 atom stereocenters.